The fourth-order valence-electron chi connectivity index (χ4n) is 2.50. The molecule has 0 aliphatic carbocycles. The number of halogens is 4. The van der Waals surface area contributed by atoms with Gasteiger partial charge in [0, 0.05) is 0 Å². The molecule has 24 heavy (non-hydrogen) atoms. The van der Waals surface area contributed by atoms with Crippen molar-refractivity contribution in [2.24, 2.45) is 0 Å². The average molecular weight is 576 g/mol. The molecule has 0 bridgehead atoms. The van der Waals surface area contributed by atoms with Gasteiger partial charge in [0.05, 0.1) is 76.0 Å². The van der Waals surface area contributed by atoms with Gasteiger partial charge in [-0.25, -0.2) is 5.90 Å². The zero-order valence-corrected chi connectivity index (χ0v) is 18.7. The van der Waals surface area contributed by atoms with Gasteiger partial charge in [-0.15, -0.1) is 0 Å². The van der Waals surface area contributed by atoms with Crippen LogP contribution in [0.4, 0.5) is 11.4 Å². The van der Waals surface area contributed by atoms with Crippen molar-refractivity contribution >= 4 is 76.0 Å². The smallest absolute Gasteiger partial charge is 0.0617 e. The number of anilines is 2. The van der Waals surface area contributed by atoms with Crippen molar-refractivity contribution < 1.29 is 0 Å². The van der Waals surface area contributed by atoms with Gasteiger partial charge in [0.25, 0.3) is 0 Å². The molecular formula is C18H12Br4N2. The molecule has 3 aromatic rings. The van der Waals surface area contributed by atoms with Gasteiger partial charge in [-0.1, -0.05) is 48.5 Å². The van der Waals surface area contributed by atoms with E-state index in [0.717, 1.165) is 11.4 Å². The van der Waals surface area contributed by atoms with E-state index in [0.29, 0.717) is 0 Å². The Morgan fingerprint density at radius 3 is 1.62 bits per heavy atom. The minimum Gasteiger partial charge on any atom is -0.243 e. The van der Waals surface area contributed by atoms with Gasteiger partial charge in [0.2, 0.25) is 0 Å². The molecule has 0 aliphatic rings. The first-order valence-electron chi connectivity index (χ1n) is 7.09. The Labute approximate surface area is 175 Å². The number of hydrogen-bond acceptors (Lipinski definition) is 2. The van der Waals surface area contributed by atoms with Crippen molar-refractivity contribution in [3.8, 4) is 22.3 Å². The molecule has 2 nitrogen and oxygen atoms in total. The molecule has 0 unspecified atom stereocenters. The molecule has 0 aromatic heterocycles. The van der Waals surface area contributed by atoms with E-state index >= 15 is 0 Å². The van der Waals surface area contributed by atoms with Crippen molar-refractivity contribution in [1.82, 2.24) is 0 Å². The van der Waals surface area contributed by atoms with Crippen molar-refractivity contribution in [2.75, 3.05) is 5.90 Å². The topological polar surface area (TPSA) is 6.48 Å². The normalized spacial score (nSPS) is 10.5. The highest BCUT2D eigenvalue weighted by Crippen LogP contribution is 2.37. The first kappa shape index (κ1) is 18.0. The van der Waals surface area contributed by atoms with Crippen molar-refractivity contribution in [1.29, 1.82) is 0 Å². The lowest BCUT2D eigenvalue weighted by Gasteiger charge is -2.15. The van der Waals surface area contributed by atoms with E-state index in [2.05, 4.69) is 131 Å². The van der Waals surface area contributed by atoms with Gasteiger partial charge in [-0.3, -0.25) is 0 Å². The molecule has 6 heteroatoms. The van der Waals surface area contributed by atoms with Crippen LogP contribution in [-0.4, -0.2) is 0 Å². The van der Waals surface area contributed by atoms with E-state index in [1.807, 2.05) is 6.07 Å². The molecule has 0 heterocycles. The third kappa shape index (κ3) is 4.04. The van der Waals surface area contributed by atoms with Crippen LogP contribution in [0.1, 0.15) is 0 Å². The maximum atomic E-state index is 3.43. The van der Waals surface area contributed by atoms with Crippen LogP contribution in [0, 0.1) is 0 Å². The summed E-state index contributed by atoms with van der Waals surface area (Å²) in [5.74, 6) is 0. The molecular weight excluding hydrogens is 564 g/mol. The summed E-state index contributed by atoms with van der Waals surface area (Å²) in [6.07, 6.45) is 0. The van der Waals surface area contributed by atoms with Gasteiger partial charge in [-0.05, 0) is 46.5 Å². The lowest BCUT2D eigenvalue weighted by molar-refractivity contribution is 1.55. The summed E-state index contributed by atoms with van der Waals surface area (Å²) < 4.78 is 3.49. The second-order valence-corrected chi connectivity index (χ2v) is 9.85. The zero-order chi connectivity index (χ0) is 17.1. The van der Waals surface area contributed by atoms with Crippen LogP contribution in [0.25, 0.3) is 22.3 Å². The summed E-state index contributed by atoms with van der Waals surface area (Å²) in [5.41, 5.74) is 6.78. The predicted molar refractivity (Wildman–Crippen MR) is 118 cm³/mol. The number of hydrogen-bond donors (Lipinski definition) is 0. The Morgan fingerprint density at radius 2 is 1.04 bits per heavy atom. The van der Waals surface area contributed by atoms with Crippen LogP contribution in [0.15, 0.2) is 72.8 Å². The maximum Gasteiger partial charge on any atom is 0.0617 e. The predicted octanol–water partition coefficient (Wildman–Crippen LogP) is 7.87. The third-order valence-corrected chi connectivity index (χ3v) is 5.29. The number of nitrogens with zero attached hydrogens (tertiary/aromatic N) is 2. The lowest BCUT2D eigenvalue weighted by Crippen LogP contribution is -1.93. The van der Waals surface area contributed by atoms with Crippen LogP contribution >= 0.6 is 64.6 Å². The van der Waals surface area contributed by atoms with E-state index in [1.54, 1.807) is 5.90 Å². The first-order valence-corrected chi connectivity index (χ1v) is 9.93. The van der Waals surface area contributed by atoms with E-state index in [9.17, 15) is 0 Å². The van der Waals surface area contributed by atoms with Crippen LogP contribution in [0.2, 0.25) is 0 Å². The number of rotatable bonds is 4. The Kier molecular flexibility index (Phi) is 6.02. The largest absolute Gasteiger partial charge is 0.243 e. The monoisotopic (exact) mass is 572 g/mol. The minimum absolute atomic E-state index is 1.03. The molecule has 0 atom stereocenters. The summed E-state index contributed by atoms with van der Waals surface area (Å²) in [6.45, 7) is 0. The fraction of sp³-hybridized carbons (Fsp3) is 0. The maximum absolute atomic E-state index is 3.43. The molecule has 122 valence electrons. The van der Waals surface area contributed by atoms with Gasteiger partial charge >= 0.3 is 0 Å². The molecule has 0 saturated heterocycles. The summed E-state index contributed by atoms with van der Waals surface area (Å²) in [5, 5.41) is 0. The Hall–Kier alpha value is -0.820. The summed E-state index contributed by atoms with van der Waals surface area (Å²) in [7, 11) is 0. The zero-order valence-electron chi connectivity index (χ0n) is 12.3. The third-order valence-electron chi connectivity index (χ3n) is 3.66. The van der Waals surface area contributed by atoms with Gasteiger partial charge in [-0.2, -0.15) is 0 Å². The SMILES string of the molecule is BrN(Br)c1ccc(-c2ccc(N(Br)Br)cc2-c2ccccc2)cc1. The number of benzene rings is 3. The second-order valence-electron chi connectivity index (χ2n) is 5.11. The highest BCUT2D eigenvalue weighted by Gasteiger charge is 2.11. The molecule has 0 saturated carbocycles. The highest BCUT2D eigenvalue weighted by molar-refractivity contribution is 9.25. The van der Waals surface area contributed by atoms with Crippen molar-refractivity contribution in [2.45, 2.75) is 0 Å². The van der Waals surface area contributed by atoms with Gasteiger partial charge in [0.15, 0.2) is 0 Å². The van der Waals surface area contributed by atoms with Crippen LogP contribution in [-0.2, 0) is 0 Å². The average Bonchev–Trinajstić information content (AvgIpc) is 2.62. The molecule has 0 fully saturated rings. The van der Waals surface area contributed by atoms with Crippen molar-refractivity contribution in [3.63, 3.8) is 0 Å². The molecule has 0 radical (unpaired) electrons. The first-order chi connectivity index (χ1) is 11.6. The summed E-state index contributed by atoms with van der Waals surface area (Å²) >= 11 is 13.6. The summed E-state index contributed by atoms with van der Waals surface area (Å²) in [4.78, 5) is 0. The summed E-state index contributed by atoms with van der Waals surface area (Å²) in [6, 6.07) is 25.1. The van der Waals surface area contributed by atoms with E-state index in [-0.39, 0.29) is 0 Å². The highest BCUT2D eigenvalue weighted by atomic mass is 79.9. The molecule has 0 spiro atoms. The standard InChI is InChI=1S/C18H12Br4N2/c19-23(20)15-8-6-14(7-9-15)17-11-10-16(24(21)22)12-18(17)13-4-2-1-3-5-13/h1-12H. The van der Waals surface area contributed by atoms with E-state index in [1.165, 1.54) is 22.3 Å². The molecule has 3 rings (SSSR count). The second kappa shape index (κ2) is 8.04. The minimum atomic E-state index is 1.03. The van der Waals surface area contributed by atoms with Gasteiger partial charge < -0.3 is 0 Å². The van der Waals surface area contributed by atoms with E-state index in [4.69, 9.17) is 0 Å². The van der Waals surface area contributed by atoms with Gasteiger partial charge in [0.1, 0.15) is 0 Å². The van der Waals surface area contributed by atoms with Crippen LogP contribution in [0.5, 0.6) is 0 Å². The fourth-order valence-corrected chi connectivity index (χ4v) is 3.41. The van der Waals surface area contributed by atoms with Crippen LogP contribution in [0.3, 0.4) is 0 Å². The van der Waals surface area contributed by atoms with Crippen LogP contribution < -0.4 is 5.90 Å². The van der Waals surface area contributed by atoms with E-state index < -0.39 is 0 Å². The molecule has 0 amide bonds. The Bertz CT molecular complexity index is 818. The molecule has 0 aliphatic heterocycles. The molecule has 3 aromatic carbocycles. The lowest BCUT2D eigenvalue weighted by atomic mass is 9.94. The van der Waals surface area contributed by atoms with Crippen molar-refractivity contribution in [3.05, 3.63) is 72.8 Å². The Balaban J connectivity index is 2.13. The molecule has 0 N–H and O–H groups in total. The Morgan fingerprint density at radius 1 is 0.500 bits per heavy atom. The quantitative estimate of drug-likeness (QED) is 0.292.